The van der Waals surface area contributed by atoms with Crippen molar-refractivity contribution >= 4 is 11.3 Å². The van der Waals surface area contributed by atoms with Gasteiger partial charge in [-0.05, 0) is 30.8 Å². The highest BCUT2D eigenvalue weighted by molar-refractivity contribution is 7.13. The normalized spacial score (nSPS) is 20.9. The van der Waals surface area contributed by atoms with E-state index < -0.39 is 0 Å². The van der Waals surface area contributed by atoms with Crippen LogP contribution in [0.25, 0.3) is 10.8 Å². The Morgan fingerprint density at radius 1 is 1.47 bits per heavy atom. The molecule has 4 nitrogen and oxygen atoms in total. The molecule has 78 valence electrons. The quantitative estimate of drug-likeness (QED) is 0.844. The molecule has 2 aromatic rings. The molecule has 1 fully saturated rings. The summed E-state index contributed by atoms with van der Waals surface area (Å²) in [5.41, 5.74) is 0. The van der Waals surface area contributed by atoms with Crippen molar-refractivity contribution in [2.45, 2.75) is 18.9 Å². The Labute approximate surface area is 91.3 Å². The Hall–Kier alpha value is -1.20. The number of aromatic nitrogens is 2. The van der Waals surface area contributed by atoms with E-state index in [1.165, 1.54) is 6.42 Å². The van der Waals surface area contributed by atoms with Crippen LogP contribution in [0, 0.1) is 0 Å². The maximum atomic E-state index is 5.64. The predicted octanol–water partition coefficient (Wildman–Crippen LogP) is 2.22. The van der Waals surface area contributed by atoms with Gasteiger partial charge in [0.15, 0.2) is 0 Å². The lowest BCUT2D eigenvalue weighted by Gasteiger charge is -2.01. The third kappa shape index (κ3) is 1.68. The van der Waals surface area contributed by atoms with Crippen LogP contribution in [0.5, 0.6) is 0 Å². The topological polar surface area (TPSA) is 51.0 Å². The van der Waals surface area contributed by atoms with Gasteiger partial charge in [0, 0.05) is 0 Å². The molecule has 0 amide bonds. The van der Waals surface area contributed by atoms with Gasteiger partial charge in [-0.1, -0.05) is 6.07 Å². The molecule has 15 heavy (non-hydrogen) atoms. The molecule has 3 heterocycles. The Balaban J connectivity index is 1.87. The number of rotatable bonds is 2. The zero-order valence-electron chi connectivity index (χ0n) is 8.14. The van der Waals surface area contributed by atoms with Gasteiger partial charge in [-0.2, -0.15) is 0 Å². The first-order chi connectivity index (χ1) is 7.43. The third-order valence-corrected chi connectivity index (χ3v) is 3.39. The zero-order valence-corrected chi connectivity index (χ0v) is 8.96. The van der Waals surface area contributed by atoms with Crippen molar-refractivity contribution < 1.29 is 4.42 Å². The SMILES string of the molecule is c1csc(-c2nnc(C3CCCN3)o2)c1. The Morgan fingerprint density at radius 3 is 3.20 bits per heavy atom. The van der Waals surface area contributed by atoms with Crippen molar-refractivity contribution in [3.8, 4) is 10.8 Å². The average Bonchev–Trinajstić information content (AvgIpc) is 3.02. The van der Waals surface area contributed by atoms with Gasteiger partial charge in [0.2, 0.25) is 5.89 Å². The van der Waals surface area contributed by atoms with Crippen molar-refractivity contribution in [1.82, 2.24) is 15.5 Å². The molecule has 0 spiro atoms. The predicted molar refractivity (Wildman–Crippen MR) is 57.6 cm³/mol. The molecule has 2 aromatic heterocycles. The lowest BCUT2D eigenvalue weighted by Crippen LogP contribution is -2.12. The van der Waals surface area contributed by atoms with Crippen molar-refractivity contribution in [3.05, 3.63) is 23.4 Å². The largest absolute Gasteiger partial charge is 0.418 e. The van der Waals surface area contributed by atoms with Crippen LogP contribution in [0.3, 0.4) is 0 Å². The molecule has 0 radical (unpaired) electrons. The summed E-state index contributed by atoms with van der Waals surface area (Å²) < 4.78 is 5.64. The molecule has 0 saturated carbocycles. The second-order valence-corrected chi connectivity index (χ2v) is 4.52. The van der Waals surface area contributed by atoms with E-state index in [2.05, 4.69) is 15.5 Å². The van der Waals surface area contributed by atoms with Gasteiger partial charge in [-0.15, -0.1) is 21.5 Å². The van der Waals surface area contributed by atoms with Crippen LogP contribution < -0.4 is 5.32 Å². The van der Waals surface area contributed by atoms with E-state index in [1.54, 1.807) is 11.3 Å². The summed E-state index contributed by atoms with van der Waals surface area (Å²) in [6.45, 7) is 1.04. The maximum absolute atomic E-state index is 5.64. The molecule has 1 unspecified atom stereocenters. The summed E-state index contributed by atoms with van der Waals surface area (Å²) in [4.78, 5) is 1.03. The van der Waals surface area contributed by atoms with E-state index in [0.29, 0.717) is 5.89 Å². The van der Waals surface area contributed by atoms with E-state index >= 15 is 0 Å². The minimum Gasteiger partial charge on any atom is -0.418 e. The van der Waals surface area contributed by atoms with Crippen molar-refractivity contribution in [1.29, 1.82) is 0 Å². The second kappa shape index (κ2) is 3.75. The number of nitrogens with zero attached hydrogens (tertiary/aromatic N) is 2. The van der Waals surface area contributed by atoms with Crippen LogP contribution in [-0.4, -0.2) is 16.7 Å². The Morgan fingerprint density at radius 2 is 2.47 bits per heavy atom. The number of hydrogen-bond acceptors (Lipinski definition) is 5. The molecule has 0 bridgehead atoms. The first-order valence-corrected chi connectivity index (χ1v) is 5.92. The summed E-state index contributed by atoms with van der Waals surface area (Å²) in [7, 11) is 0. The summed E-state index contributed by atoms with van der Waals surface area (Å²) in [5.74, 6) is 1.35. The highest BCUT2D eigenvalue weighted by atomic mass is 32.1. The van der Waals surface area contributed by atoms with Gasteiger partial charge in [-0.3, -0.25) is 0 Å². The lowest BCUT2D eigenvalue weighted by molar-refractivity contribution is 0.438. The highest BCUT2D eigenvalue weighted by Crippen LogP contribution is 2.27. The highest BCUT2D eigenvalue weighted by Gasteiger charge is 2.22. The minimum atomic E-state index is 0.256. The van der Waals surface area contributed by atoms with Crippen LogP contribution in [0.1, 0.15) is 24.8 Å². The molecule has 0 aliphatic carbocycles. The molecule has 1 aliphatic heterocycles. The van der Waals surface area contributed by atoms with Gasteiger partial charge in [0.25, 0.3) is 5.89 Å². The van der Waals surface area contributed by atoms with Gasteiger partial charge < -0.3 is 9.73 Å². The average molecular weight is 221 g/mol. The van der Waals surface area contributed by atoms with E-state index in [0.717, 1.165) is 23.7 Å². The van der Waals surface area contributed by atoms with Crippen molar-refractivity contribution in [2.75, 3.05) is 6.54 Å². The minimum absolute atomic E-state index is 0.256. The summed E-state index contributed by atoms with van der Waals surface area (Å²) in [6.07, 6.45) is 2.27. The maximum Gasteiger partial charge on any atom is 0.257 e. The standard InChI is InChI=1S/C10H11N3OS/c1-3-7(11-5-1)9-12-13-10(14-9)8-4-2-6-15-8/h2,4,6-7,11H,1,3,5H2. The third-order valence-electron chi connectivity index (χ3n) is 2.53. The Kier molecular flexibility index (Phi) is 2.26. The van der Waals surface area contributed by atoms with Crippen molar-refractivity contribution in [2.24, 2.45) is 0 Å². The Bertz CT molecular complexity index is 431. The molecular weight excluding hydrogens is 210 g/mol. The molecule has 3 rings (SSSR count). The van der Waals surface area contributed by atoms with E-state index in [1.807, 2.05) is 17.5 Å². The van der Waals surface area contributed by atoms with Crippen molar-refractivity contribution in [3.63, 3.8) is 0 Å². The summed E-state index contributed by atoms with van der Waals surface area (Å²) in [6, 6.07) is 4.23. The summed E-state index contributed by atoms with van der Waals surface area (Å²) >= 11 is 1.62. The fraction of sp³-hybridized carbons (Fsp3) is 0.400. The number of nitrogens with one attached hydrogen (secondary N) is 1. The molecule has 1 N–H and O–H groups in total. The first kappa shape index (κ1) is 9.06. The second-order valence-electron chi connectivity index (χ2n) is 3.57. The van der Waals surface area contributed by atoms with E-state index in [-0.39, 0.29) is 6.04 Å². The molecule has 1 aliphatic rings. The van der Waals surface area contributed by atoms with Crippen LogP contribution in [0.4, 0.5) is 0 Å². The van der Waals surface area contributed by atoms with Gasteiger partial charge in [-0.25, -0.2) is 0 Å². The first-order valence-electron chi connectivity index (χ1n) is 5.04. The fourth-order valence-electron chi connectivity index (χ4n) is 1.77. The van der Waals surface area contributed by atoms with Crippen LogP contribution in [0.2, 0.25) is 0 Å². The zero-order chi connectivity index (χ0) is 10.1. The van der Waals surface area contributed by atoms with Crippen LogP contribution in [0.15, 0.2) is 21.9 Å². The monoisotopic (exact) mass is 221 g/mol. The van der Waals surface area contributed by atoms with Gasteiger partial charge in [0.1, 0.15) is 0 Å². The molecular formula is C10H11N3OS. The molecule has 5 heteroatoms. The number of hydrogen-bond donors (Lipinski definition) is 1. The van der Waals surface area contributed by atoms with Crippen LogP contribution >= 0.6 is 11.3 Å². The van der Waals surface area contributed by atoms with Gasteiger partial charge >= 0.3 is 0 Å². The molecule has 0 aromatic carbocycles. The van der Waals surface area contributed by atoms with E-state index in [4.69, 9.17) is 4.42 Å². The molecule has 1 atom stereocenters. The smallest absolute Gasteiger partial charge is 0.257 e. The number of thiophene rings is 1. The lowest BCUT2D eigenvalue weighted by atomic mass is 10.2. The fourth-order valence-corrected chi connectivity index (χ4v) is 2.41. The summed E-state index contributed by atoms with van der Waals surface area (Å²) in [5, 5.41) is 13.5. The van der Waals surface area contributed by atoms with Gasteiger partial charge in [0.05, 0.1) is 10.9 Å². The van der Waals surface area contributed by atoms with Crippen LogP contribution in [-0.2, 0) is 0 Å². The molecule has 1 saturated heterocycles. The van der Waals surface area contributed by atoms with E-state index in [9.17, 15) is 0 Å².